The van der Waals surface area contributed by atoms with Crippen LogP contribution in [-0.4, -0.2) is 61.8 Å². The van der Waals surface area contributed by atoms with E-state index in [1.807, 2.05) is 7.05 Å². The van der Waals surface area contributed by atoms with Crippen LogP contribution < -0.4 is 20.4 Å². The van der Waals surface area contributed by atoms with Crippen molar-refractivity contribution >= 4 is 11.6 Å². The lowest BCUT2D eigenvalue weighted by Gasteiger charge is -2.40. The van der Waals surface area contributed by atoms with Crippen molar-refractivity contribution in [1.82, 2.24) is 20.6 Å². The molecule has 2 aliphatic heterocycles. The average molecular weight is 395 g/mol. The van der Waals surface area contributed by atoms with E-state index in [1.54, 1.807) is 0 Å². The second kappa shape index (κ2) is 8.67. The highest BCUT2D eigenvalue weighted by molar-refractivity contribution is 5.49. The maximum Gasteiger partial charge on any atom is 0.132 e. The fraction of sp³-hybridized carbons (Fsp3) is 0.565. The minimum absolute atomic E-state index is 0.414. The predicted octanol–water partition coefficient (Wildman–Crippen LogP) is 2.47. The lowest BCUT2D eigenvalue weighted by molar-refractivity contribution is 0.404. The molecule has 2 aromatic rings. The van der Waals surface area contributed by atoms with Gasteiger partial charge in [0.25, 0.3) is 0 Å². The van der Waals surface area contributed by atoms with Gasteiger partial charge in [0.2, 0.25) is 0 Å². The highest BCUT2D eigenvalue weighted by atomic mass is 15.3. The maximum atomic E-state index is 4.98. The Morgan fingerprint density at radius 3 is 2.66 bits per heavy atom. The molecule has 0 aromatic carbocycles. The first-order valence-corrected chi connectivity index (χ1v) is 10.9. The summed E-state index contributed by atoms with van der Waals surface area (Å²) in [6.45, 7) is 11.7. The van der Waals surface area contributed by atoms with Crippen LogP contribution in [0.15, 0.2) is 30.3 Å². The molecule has 0 spiro atoms. The van der Waals surface area contributed by atoms with E-state index in [9.17, 15) is 0 Å². The Kier molecular flexibility index (Phi) is 6.01. The molecule has 0 aliphatic carbocycles. The molecule has 6 nitrogen and oxygen atoms in total. The van der Waals surface area contributed by atoms with Gasteiger partial charge in [-0.05, 0) is 51.1 Å². The highest BCUT2D eigenvalue weighted by Gasteiger charge is 2.28. The molecule has 0 radical (unpaired) electrons. The normalized spacial score (nSPS) is 18.3. The fourth-order valence-corrected chi connectivity index (χ4v) is 4.08. The van der Waals surface area contributed by atoms with Crippen molar-refractivity contribution in [2.45, 2.75) is 45.2 Å². The van der Waals surface area contributed by atoms with Crippen LogP contribution in [-0.2, 0) is 0 Å². The van der Waals surface area contributed by atoms with Crippen molar-refractivity contribution in [3.05, 3.63) is 47.3 Å². The molecule has 2 aromatic heterocycles. The van der Waals surface area contributed by atoms with Crippen LogP contribution in [0, 0.1) is 13.8 Å². The summed E-state index contributed by atoms with van der Waals surface area (Å²) in [6.07, 6.45) is 1.07. The van der Waals surface area contributed by atoms with E-state index in [4.69, 9.17) is 9.97 Å². The number of likely N-dealkylation sites (N-methyl/N-ethyl adjacent to an activating group) is 1. The summed E-state index contributed by atoms with van der Waals surface area (Å²) in [5.41, 5.74) is 3.53. The lowest BCUT2D eigenvalue weighted by atomic mass is 10.0. The number of pyridine rings is 2. The Bertz CT molecular complexity index is 828. The van der Waals surface area contributed by atoms with Gasteiger partial charge in [-0.3, -0.25) is 0 Å². The van der Waals surface area contributed by atoms with Crippen molar-refractivity contribution in [3.8, 4) is 0 Å². The largest absolute Gasteiger partial charge is 0.353 e. The number of rotatable bonds is 8. The van der Waals surface area contributed by atoms with E-state index in [0.29, 0.717) is 18.0 Å². The lowest BCUT2D eigenvalue weighted by Crippen LogP contribution is -2.58. The van der Waals surface area contributed by atoms with Crippen LogP contribution in [0.4, 0.5) is 11.6 Å². The van der Waals surface area contributed by atoms with Gasteiger partial charge in [-0.15, -0.1) is 0 Å². The molecule has 0 saturated carbocycles. The first-order valence-electron chi connectivity index (χ1n) is 10.9. The van der Waals surface area contributed by atoms with Crippen LogP contribution in [0.2, 0.25) is 0 Å². The van der Waals surface area contributed by atoms with Crippen molar-refractivity contribution in [2.24, 2.45) is 0 Å². The third-order valence-corrected chi connectivity index (χ3v) is 6.36. The van der Waals surface area contributed by atoms with Gasteiger partial charge in [-0.25, -0.2) is 9.97 Å². The van der Waals surface area contributed by atoms with Crippen molar-refractivity contribution < 1.29 is 0 Å². The molecule has 0 bridgehead atoms. The number of aryl methyl sites for hydroxylation is 2. The highest BCUT2D eigenvalue weighted by Crippen LogP contribution is 2.27. The summed E-state index contributed by atoms with van der Waals surface area (Å²) in [5, 5.41) is 6.74. The van der Waals surface area contributed by atoms with Crippen molar-refractivity contribution in [3.63, 3.8) is 0 Å². The second-order valence-corrected chi connectivity index (χ2v) is 8.60. The Balaban J connectivity index is 1.43. The molecule has 2 saturated heterocycles. The molecule has 4 heterocycles. The van der Waals surface area contributed by atoms with E-state index < -0.39 is 0 Å². The summed E-state index contributed by atoms with van der Waals surface area (Å²) >= 11 is 0. The van der Waals surface area contributed by atoms with Gasteiger partial charge in [-0.2, -0.15) is 0 Å². The number of anilines is 2. The van der Waals surface area contributed by atoms with Crippen LogP contribution >= 0.6 is 0 Å². The molecule has 2 aliphatic rings. The second-order valence-electron chi connectivity index (χ2n) is 8.60. The number of nitrogens with zero attached hydrogens (tertiary/aromatic N) is 4. The quantitative estimate of drug-likeness (QED) is 0.717. The van der Waals surface area contributed by atoms with Crippen molar-refractivity contribution in [1.29, 1.82) is 0 Å². The van der Waals surface area contributed by atoms with Crippen LogP contribution in [0.1, 0.15) is 36.2 Å². The van der Waals surface area contributed by atoms with Crippen LogP contribution in [0.3, 0.4) is 0 Å². The van der Waals surface area contributed by atoms with E-state index >= 15 is 0 Å². The molecule has 4 rings (SSSR count). The Hall–Kier alpha value is -2.18. The minimum atomic E-state index is 0.414. The zero-order valence-electron chi connectivity index (χ0n) is 18.2. The number of aromatic nitrogens is 2. The maximum absolute atomic E-state index is 4.98. The summed E-state index contributed by atoms with van der Waals surface area (Å²) in [7, 11) is 2.03. The molecule has 2 N–H and O–H groups in total. The Labute approximate surface area is 174 Å². The Morgan fingerprint density at radius 1 is 1.17 bits per heavy atom. The predicted molar refractivity (Wildman–Crippen MR) is 120 cm³/mol. The molecule has 1 unspecified atom stereocenters. The van der Waals surface area contributed by atoms with Gasteiger partial charge in [-0.1, -0.05) is 19.1 Å². The number of hydrogen-bond acceptors (Lipinski definition) is 6. The van der Waals surface area contributed by atoms with Gasteiger partial charge in [0, 0.05) is 56.1 Å². The molecule has 0 amide bonds. The summed E-state index contributed by atoms with van der Waals surface area (Å²) in [4.78, 5) is 14.7. The smallest absolute Gasteiger partial charge is 0.132 e. The zero-order chi connectivity index (χ0) is 20.4. The number of hydrogen-bond donors (Lipinski definition) is 2. The van der Waals surface area contributed by atoms with E-state index in [1.165, 1.54) is 11.3 Å². The summed E-state index contributed by atoms with van der Waals surface area (Å²) < 4.78 is 0. The molecular formula is C23H34N6. The first kappa shape index (κ1) is 20.1. The molecule has 1 atom stereocenters. The van der Waals surface area contributed by atoms with Crippen LogP contribution in [0.5, 0.6) is 0 Å². The van der Waals surface area contributed by atoms with Crippen molar-refractivity contribution in [2.75, 3.05) is 49.6 Å². The first-order chi connectivity index (χ1) is 14.0. The van der Waals surface area contributed by atoms with Crippen LogP contribution in [0.25, 0.3) is 0 Å². The fourth-order valence-electron chi connectivity index (χ4n) is 4.08. The van der Waals surface area contributed by atoms with E-state index in [2.05, 4.69) is 71.5 Å². The van der Waals surface area contributed by atoms with Gasteiger partial charge >= 0.3 is 0 Å². The molecular weight excluding hydrogens is 360 g/mol. The zero-order valence-corrected chi connectivity index (χ0v) is 18.2. The van der Waals surface area contributed by atoms with Gasteiger partial charge in [0.1, 0.15) is 11.6 Å². The molecule has 29 heavy (non-hydrogen) atoms. The molecule has 2 fully saturated rings. The van der Waals surface area contributed by atoms with Gasteiger partial charge < -0.3 is 20.4 Å². The topological polar surface area (TPSA) is 56.3 Å². The van der Waals surface area contributed by atoms with E-state index in [-0.39, 0.29) is 0 Å². The standard InChI is InChI=1S/C23H34N6/c1-16(21-6-5-7-22(27-21)28-14-19(15-28)24-4)10-11-29(20-12-25-13-20)23-17(2)8-9-18(3)26-23/h5-9,16,19-20,24-25H,10-15H2,1-4H3. The third-order valence-electron chi connectivity index (χ3n) is 6.36. The third kappa shape index (κ3) is 4.38. The van der Waals surface area contributed by atoms with Gasteiger partial charge in [0.15, 0.2) is 0 Å². The molecule has 156 valence electrons. The summed E-state index contributed by atoms with van der Waals surface area (Å²) in [6, 6.07) is 11.9. The Morgan fingerprint density at radius 2 is 1.97 bits per heavy atom. The van der Waals surface area contributed by atoms with Gasteiger partial charge in [0.05, 0.1) is 6.04 Å². The average Bonchev–Trinajstić information content (AvgIpc) is 2.65. The molecule has 6 heteroatoms. The number of nitrogens with one attached hydrogen (secondary N) is 2. The monoisotopic (exact) mass is 394 g/mol. The summed E-state index contributed by atoms with van der Waals surface area (Å²) in [5.74, 6) is 2.66. The SMILES string of the molecule is CNC1CN(c2cccc(C(C)CCN(c3nc(C)ccc3C)C3CNC3)n2)C1. The van der Waals surface area contributed by atoms with E-state index in [0.717, 1.165) is 56.5 Å². The minimum Gasteiger partial charge on any atom is -0.353 e.